The van der Waals surface area contributed by atoms with Gasteiger partial charge in [-0.25, -0.2) is 4.98 Å². The van der Waals surface area contributed by atoms with Crippen LogP contribution in [0.5, 0.6) is 0 Å². The van der Waals surface area contributed by atoms with Crippen molar-refractivity contribution < 1.29 is 0 Å². The summed E-state index contributed by atoms with van der Waals surface area (Å²) in [5, 5.41) is 4.91. The Balaban J connectivity index is 1.25. The van der Waals surface area contributed by atoms with E-state index in [-0.39, 0.29) is 5.41 Å². The first kappa shape index (κ1) is 28.6. The van der Waals surface area contributed by atoms with Gasteiger partial charge in [0.2, 0.25) is 5.95 Å². The zero-order chi connectivity index (χ0) is 33.4. The van der Waals surface area contributed by atoms with Crippen LogP contribution in [0.15, 0.2) is 158 Å². The van der Waals surface area contributed by atoms with Gasteiger partial charge in [-0.15, -0.1) is 0 Å². The number of para-hydroxylation sites is 2. The molecule has 0 saturated carbocycles. The summed E-state index contributed by atoms with van der Waals surface area (Å²) in [6.07, 6.45) is 0. The molecular formula is C46H32N4. The second kappa shape index (κ2) is 10.8. The molecule has 0 fully saturated rings. The molecule has 0 aliphatic heterocycles. The lowest BCUT2D eigenvalue weighted by atomic mass is 9.81. The molecule has 0 bridgehead atoms. The van der Waals surface area contributed by atoms with Gasteiger partial charge < -0.3 is 0 Å². The highest BCUT2D eigenvalue weighted by molar-refractivity contribution is 6.14. The van der Waals surface area contributed by atoms with Crippen molar-refractivity contribution in [2.45, 2.75) is 19.3 Å². The van der Waals surface area contributed by atoms with Crippen LogP contribution in [0.25, 0.3) is 83.6 Å². The Morgan fingerprint density at radius 1 is 0.460 bits per heavy atom. The fourth-order valence-electron chi connectivity index (χ4n) is 8.03. The molecule has 1 aliphatic rings. The summed E-state index contributed by atoms with van der Waals surface area (Å²) < 4.78 is 2.24. The Bertz CT molecular complexity index is 2720. The predicted molar refractivity (Wildman–Crippen MR) is 206 cm³/mol. The lowest BCUT2D eigenvalue weighted by Gasteiger charge is -2.22. The van der Waals surface area contributed by atoms with Crippen LogP contribution in [-0.2, 0) is 5.41 Å². The predicted octanol–water partition coefficient (Wildman–Crippen LogP) is 11.4. The van der Waals surface area contributed by atoms with E-state index in [1.807, 2.05) is 36.4 Å². The molecule has 0 saturated heterocycles. The smallest absolute Gasteiger partial charge is 0.238 e. The van der Waals surface area contributed by atoms with Crippen molar-refractivity contribution >= 4 is 32.6 Å². The van der Waals surface area contributed by atoms with Gasteiger partial charge in [-0.1, -0.05) is 159 Å². The maximum atomic E-state index is 5.18. The Hall–Kier alpha value is -6.39. The minimum atomic E-state index is -0.144. The molecule has 0 spiro atoms. The summed E-state index contributed by atoms with van der Waals surface area (Å²) in [5.74, 6) is 1.88. The third-order valence-electron chi connectivity index (χ3n) is 10.5. The largest absolute Gasteiger partial charge is 0.277 e. The third kappa shape index (κ3) is 4.21. The topological polar surface area (TPSA) is 43.6 Å². The van der Waals surface area contributed by atoms with Crippen LogP contribution < -0.4 is 0 Å². The monoisotopic (exact) mass is 640 g/mol. The van der Waals surface area contributed by atoms with Crippen LogP contribution in [0.3, 0.4) is 0 Å². The first-order chi connectivity index (χ1) is 24.6. The number of benzene rings is 7. The van der Waals surface area contributed by atoms with Gasteiger partial charge in [-0.2, -0.15) is 9.97 Å². The van der Waals surface area contributed by atoms with Crippen LogP contribution in [0.1, 0.15) is 25.0 Å². The molecule has 10 rings (SSSR count). The van der Waals surface area contributed by atoms with E-state index in [0.717, 1.165) is 38.5 Å². The van der Waals surface area contributed by atoms with Crippen LogP contribution >= 0.6 is 0 Å². The molecule has 0 atom stereocenters. The summed E-state index contributed by atoms with van der Waals surface area (Å²) >= 11 is 0. The normalized spacial score (nSPS) is 13.2. The van der Waals surface area contributed by atoms with E-state index in [9.17, 15) is 0 Å². The van der Waals surface area contributed by atoms with Crippen molar-refractivity contribution in [2.75, 3.05) is 0 Å². The summed E-state index contributed by atoms with van der Waals surface area (Å²) in [6, 6.07) is 55.9. The molecular weight excluding hydrogens is 609 g/mol. The van der Waals surface area contributed by atoms with Gasteiger partial charge in [-0.05, 0) is 50.7 Å². The van der Waals surface area contributed by atoms with Gasteiger partial charge in [0.05, 0.1) is 11.0 Å². The molecule has 236 valence electrons. The summed E-state index contributed by atoms with van der Waals surface area (Å²) in [6.45, 7) is 4.71. The van der Waals surface area contributed by atoms with E-state index in [0.29, 0.717) is 17.6 Å². The first-order valence-electron chi connectivity index (χ1n) is 17.1. The van der Waals surface area contributed by atoms with Gasteiger partial charge in [-0.3, -0.25) is 4.57 Å². The van der Waals surface area contributed by atoms with Crippen molar-refractivity contribution in [1.82, 2.24) is 19.5 Å². The summed E-state index contributed by atoms with van der Waals surface area (Å²) in [4.78, 5) is 15.4. The van der Waals surface area contributed by atoms with Gasteiger partial charge in [0.25, 0.3) is 0 Å². The summed E-state index contributed by atoms with van der Waals surface area (Å²) in [7, 11) is 0. The fraction of sp³-hybridized carbons (Fsp3) is 0.0652. The van der Waals surface area contributed by atoms with E-state index in [2.05, 4.69) is 140 Å². The van der Waals surface area contributed by atoms with Crippen molar-refractivity contribution in [3.05, 3.63) is 169 Å². The van der Waals surface area contributed by atoms with Gasteiger partial charge >= 0.3 is 0 Å². The highest BCUT2D eigenvalue weighted by Crippen LogP contribution is 2.52. The second-order valence-corrected chi connectivity index (χ2v) is 13.7. The number of aromatic nitrogens is 4. The number of hydrogen-bond acceptors (Lipinski definition) is 3. The lowest BCUT2D eigenvalue weighted by molar-refractivity contribution is 0.661. The maximum Gasteiger partial charge on any atom is 0.238 e. The highest BCUT2D eigenvalue weighted by atomic mass is 15.2. The number of hydrogen-bond donors (Lipinski definition) is 0. The molecule has 0 N–H and O–H groups in total. The first-order valence-corrected chi connectivity index (χ1v) is 17.1. The fourth-order valence-corrected chi connectivity index (χ4v) is 8.03. The number of nitrogens with zero attached hydrogens (tertiary/aromatic N) is 4. The second-order valence-electron chi connectivity index (χ2n) is 13.7. The van der Waals surface area contributed by atoms with Gasteiger partial charge in [0, 0.05) is 32.9 Å². The SMILES string of the molecule is CC1(C)c2cc(-c3cccc4c5ccccc5n(-c5nc(-c6ccccc6)nc(-c6ccccc6)n5)c34)ccc2-c2c1ccc1ccccc21. The Kier molecular flexibility index (Phi) is 6.19. The van der Waals surface area contributed by atoms with E-state index >= 15 is 0 Å². The zero-order valence-corrected chi connectivity index (χ0v) is 27.8. The number of fused-ring (bicyclic) bond motifs is 8. The van der Waals surface area contributed by atoms with Crippen molar-refractivity contribution in [3.63, 3.8) is 0 Å². The van der Waals surface area contributed by atoms with Gasteiger partial charge in [0.15, 0.2) is 11.6 Å². The van der Waals surface area contributed by atoms with Crippen molar-refractivity contribution in [2.24, 2.45) is 0 Å². The van der Waals surface area contributed by atoms with E-state index in [1.165, 1.54) is 38.6 Å². The van der Waals surface area contributed by atoms with Gasteiger partial charge in [0.1, 0.15) is 0 Å². The standard InChI is InChI=1S/C46H32N4/c1-46(2)38-27-25-29-14-9-10-19-33(29)41(38)37-26-24-32(28-39(37)46)34-21-13-22-36-35-20-11-12-23-40(35)50(42(34)36)45-48-43(30-15-5-3-6-16-30)47-44(49-45)31-17-7-4-8-18-31/h3-28H,1-2H3. The third-order valence-corrected chi connectivity index (χ3v) is 10.5. The van der Waals surface area contributed by atoms with Crippen molar-refractivity contribution in [3.8, 4) is 51.0 Å². The van der Waals surface area contributed by atoms with E-state index < -0.39 is 0 Å². The average Bonchev–Trinajstić information content (AvgIpc) is 3.64. The number of rotatable bonds is 4. The minimum Gasteiger partial charge on any atom is -0.277 e. The molecule has 9 aromatic rings. The highest BCUT2D eigenvalue weighted by Gasteiger charge is 2.36. The zero-order valence-electron chi connectivity index (χ0n) is 27.8. The molecule has 2 aromatic heterocycles. The molecule has 1 aliphatic carbocycles. The summed E-state index contributed by atoms with van der Waals surface area (Å²) in [5.41, 5.74) is 11.6. The molecule has 4 nitrogen and oxygen atoms in total. The van der Waals surface area contributed by atoms with Crippen LogP contribution in [0.2, 0.25) is 0 Å². The quantitative estimate of drug-likeness (QED) is 0.192. The Morgan fingerprint density at radius 2 is 1.10 bits per heavy atom. The average molecular weight is 641 g/mol. The molecule has 50 heavy (non-hydrogen) atoms. The molecule has 0 amide bonds. The molecule has 0 radical (unpaired) electrons. The molecule has 7 aromatic carbocycles. The Morgan fingerprint density at radius 3 is 1.84 bits per heavy atom. The maximum absolute atomic E-state index is 5.18. The van der Waals surface area contributed by atoms with E-state index in [4.69, 9.17) is 15.0 Å². The minimum absolute atomic E-state index is 0.144. The van der Waals surface area contributed by atoms with Crippen LogP contribution in [-0.4, -0.2) is 19.5 Å². The molecule has 2 heterocycles. The van der Waals surface area contributed by atoms with Crippen LogP contribution in [0.4, 0.5) is 0 Å². The lowest BCUT2D eigenvalue weighted by Crippen LogP contribution is -2.15. The van der Waals surface area contributed by atoms with E-state index in [1.54, 1.807) is 0 Å². The molecule has 0 unspecified atom stereocenters. The molecule has 4 heteroatoms. The van der Waals surface area contributed by atoms with Crippen LogP contribution in [0, 0.1) is 0 Å². The van der Waals surface area contributed by atoms with Crippen molar-refractivity contribution in [1.29, 1.82) is 0 Å². The Labute approximate surface area is 290 Å².